The first-order valence-corrected chi connectivity index (χ1v) is 15.4. The summed E-state index contributed by atoms with van der Waals surface area (Å²) in [6.45, 7) is 9.63. The van der Waals surface area contributed by atoms with Crippen LogP contribution in [0.1, 0.15) is 64.6 Å². The summed E-state index contributed by atoms with van der Waals surface area (Å²) in [6.07, 6.45) is 4.26. The minimum absolute atomic E-state index is 0.0434. The molecule has 1 fully saturated rings. The third kappa shape index (κ3) is 9.64. The molecule has 2 aromatic carbocycles. The quantitative estimate of drug-likeness (QED) is 0.273. The Morgan fingerprint density at radius 3 is 2.17 bits per heavy atom. The Hall–Kier alpha value is -4.71. The number of rotatable bonds is 12. The Labute approximate surface area is 269 Å². The van der Waals surface area contributed by atoms with Gasteiger partial charge in [0.1, 0.15) is 23.2 Å². The van der Waals surface area contributed by atoms with E-state index in [1.165, 1.54) is 20.2 Å². The number of nitrogens with one attached hydrogen (secondary N) is 3. The molecule has 1 aromatic heterocycles. The Morgan fingerprint density at radius 2 is 1.54 bits per heavy atom. The number of amides is 4. The Morgan fingerprint density at radius 1 is 0.913 bits per heavy atom. The summed E-state index contributed by atoms with van der Waals surface area (Å²) in [4.78, 5) is 59.1. The third-order valence-corrected chi connectivity index (χ3v) is 7.32. The Kier molecular flexibility index (Phi) is 11.2. The van der Waals surface area contributed by atoms with Gasteiger partial charge in [-0.25, -0.2) is 9.78 Å². The predicted molar refractivity (Wildman–Crippen MR) is 173 cm³/mol. The molecule has 0 saturated carbocycles. The van der Waals surface area contributed by atoms with E-state index in [-0.39, 0.29) is 24.9 Å². The second-order valence-corrected chi connectivity index (χ2v) is 12.8. The van der Waals surface area contributed by atoms with Crippen molar-refractivity contribution in [3.63, 3.8) is 0 Å². The van der Waals surface area contributed by atoms with Crippen molar-refractivity contribution in [3.8, 4) is 0 Å². The highest BCUT2D eigenvalue weighted by molar-refractivity contribution is 5.98. The molecule has 46 heavy (non-hydrogen) atoms. The molecule has 246 valence electrons. The van der Waals surface area contributed by atoms with E-state index in [0.29, 0.717) is 13.1 Å². The first-order chi connectivity index (χ1) is 21.8. The van der Waals surface area contributed by atoms with Crippen molar-refractivity contribution < 1.29 is 28.7 Å². The molecule has 0 bridgehead atoms. The molecule has 3 aromatic rings. The summed E-state index contributed by atoms with van der Waals surface area (Å²) in [5.74, 6) is -1.04. The molecule has 4 rings (SSSR count). The summed E-state index contributed by atoms with van der Waals surface area (Å²) >= 11 is 0. The fourth-order valence-corrected chi connectivity index (χ4v) is 4.95. The topological polar surface area (TPSA) is 144 Å². The molecule has 1 aliphatic heterocycles. The highest BCUT2D eigenvalue weighted by Gasteiger charge is 2.35. The van der Waals surface area contributed by atoms with Crippen molar-refractivity contribution >= 4 is 29.6 Å². The van der Waals surface area contributed by atoms with Crippen LogP contribution in [-0.4, -0.2) is 75.1 Å². The van der Waals surface area contributed by atoms with Gasteiger partial charge in [-0.2, -0.15) is 0 Å². The monoisotopic (exact) mass is 632 g/mol. The number of likely N-dealkylation sites (tertiary alicyclic amines) is 1. The van der Waals surface area contributed by atoms with Gasteiger partial charge < -0.3 is 34.9 Å². The van der Waals surface area contributed by atoms with Gasteiger partial charge in [-0.05, 0) is 58.6 Å². The third-order valence-electron chi connectivity index (χ3n) is 7.32. The summed E-state index contributed by atoms with van der Waals surface area (Å²) in [7, 11) is 0. The van der Waals surface area contributed by atoms with Crippen LogP contribution >= 0.6 is 0 Å². The lowest BCUT2D eigenvalue weighted by atomic mass is 10.0. The number of hydrogen-bond donors (Lipinski definition) is 3. The maximum absolute atomic E-state index is 13.6. The van der Waals surface area contributed by atoms with E-state index in [4.69, 9.17) is 9.47 Å². The van der Waals surface area contributed by atoms with Gasteiger partial charge in [0.2, 0.25) is 11.8 Å². The maximum Gasteiger partial charge on any atom is 0.408 e. The van der Waals surface area contributed by atoms with Gasteiger partial charge in [0.15, 0.2) is 5.82 Å². The van der Waals surface area contributed by atoms with Crippen LogP contribution in [0.3, 0.4) is 0 Å². The van der Waals surface area contributed by atoms with Crippen molar-refractivity contribution in [2.45, 2.75) is 77.3 Å². The standard InChI is InChI=1S/C34H44N6O6/c1-33(2,3)46-32(44)38-34(4,5)31(43)36-26(22-45-21-24-14-8-6-9-15-24)29(41)37-27-20-40(23-35-27)28(25-16-10-7-11-17-25)30(42)39-18-12-13-19-39/h6-11,14-17,20,23,26,28H,12-13,18-19,21-22H2,1-5H3,(H,36,43)(H,37,41)(H,38,44). The zero-order chi connectivity index (χ0) is 33.3. The predicted octanol–water partition coefficient (Wildman–Crippen LogP) is 4.04. The number of carbonyl (C=O) groups is 4. The van der Waals surface area contributed by atoms with E-state index < -0.39 is 41.1 Å². The summed E-state index contributed by atoms with van der Waals surface area (Å²) < 4.78 is 12.8. The van der Waals surface area contributed by atoms with E-state index in [1.54, 1.807) is 31.5 Å². The van der Waals surface area contributed by atoms with Gasteiger partial charge in [0.05, 0.1) is 19.5 Å². The average molecular weight is 633 g/mol. The van der Waals surface area contributed by atoms with Gasteiger partial charge in [0, 0.05) is 19.3 Å². The van der Waals surface area contributed by atoms with Crippen LogP contribution in [0.15, 0.2) is 73.2 Å². The minimum Gasteiger partial charge on any atom is -0.444 e. The summed E-state index contributed by atoms with van der Waals surface area (Å²) in [5, 5.41) is 8.01. The summed E-state index contributed by atoms with van der Waals surface area (Å²) in [5.41, 5.74) is -0.477. The number of nitrogens with zero attached hydrogens (tertiary/aromatic N) is 3. The molecule has 0 radical (unpaired) electrons. The van der Waals surface area contributed by atoms with Crippen LogP contribution in [0.5, 0.6) is 0 Å². The first-order valence-electron chi connectivity index (χ1n) is 15.4. The lowest BCUT2D eigenvalue weighted by molar-refractivity contribution is -0.132. The van der Waals surface area contributed by atoms with E-state index in [0.717, 1.165) is 24.0 Å². The number of alkyl carbamates (subject to hydrolysis) is 1. The molecule has 1 saturated heterocycles. The zero-order valence-corrected chi connectivity index (χ0v) is 27.1. The number of benzene rings is 2. The lowest BCUT2D eigenvalue weighted by Gasteiger charge is -2.29. The van der Waals surface area contributed by atoms with Crippen LogP contribution in [0.25, 0.3) is 0 Å². The van der Waals surface area contributed by atoms with Gasteiger partial charge in [-0.1, -0.05) is 60.7 Å². The second kappa shape index (κ2) is 15.0. The normalized spacial score (nSPS) is 14.7. The highest BCUT2D eigenvalue weighted by atomic mass is 16.6. The highest BCUT2D eigenvalue weighted by Crippen LogP contribution is 2.24. The molecular weight excluding hydrogens is 588 g/mol. The van der Waals surface area contributed by atoms with Gasteiger partial charge in [-0.15, -0.1) is 0 Å². The van der Waals surface area contributed by atoms with Crippen LogP contribution in [0, 0.1) is 0 Å². The van der Waals surface area contributed by atoms with Crippen molar-refractivity contribution in [1.29, 1.82) is 0 Å². The van der Waals surface area contributed by atoms with Gasteiger partial charge >= 0.3 is 6.09 Å². The van der Waals surface area contributed by atoms with Crippen LogP contribution in [-0.2, 0) is 30.5 Å². The number of anilines is 1. The smallest absolute Gasteiger partial charge is 0.408 e. The second-order valence-electron chi connectivity index (χ2n) is 12.8. The number of aromatic nitrogens is 2. The SMILES string of the molecule is CC(C)(C)OC(=O)NC(C)(C)C(=O)NC(COCc1ccccc1)C(=O)Nc1cn(C(C(=O)N2CCCC2)c2ccccc2)cn1. The molecule has 0 spiro atoms. The average Bonchev–Trinajstić information content (AvgIpc) is 3.69. The fourth-order valence-electron chi connectivity index (χ4n) is 4.95. The van der Waals surface area contributed by atoms with Gasteiger partial charge in [0.25, 0.3) is 5.91 Å². The van der Waals surface area contributed by atoms with Crippen LogP contribution in [0.2, 0.25) is 0 Å². The molecule has 0 aliphatic carbocycles. The minimum atomic E-state index is -1.42. The molecule has 4 amide bonds. The Bertz CT molecular complexity index is 1480. The molecule has 2 unspecified atom stereocenters. The van der Waals surface area contributed by atoms with E-state index in [2.05, 4.69) is 20.9 Å². The van der Waals surface area contributed by atoms with Crippen molar-refractivity contribution in [3.05, 3.63) is 84.3 Å². The molecule has 2 heterocycles. The van der Waals surface area contributed by atoms with Crippen molar-refractivity contribution in [1.82, 2.24) is 25.1 Å². The molecule has 3 N–H and O–H groups in total. The van der Waals surface area contributed by atoms with E-state index in [9.17, 15) is 19.2 Å². The van der Waals surface area contributed by atoms with E-state index >= 15 is 0 Å². The number of imidazole rings is 1. The van der Waals surface area contributed by atoms with Crippen LogP contribution in [0.4, 0.5) is 10.6 Å². The number of ether oxygens (including phenoxy) is 2. The van der Waals surface area contributed by atoms with Crippen molar-refractivity contribution in [2.75, 3.05) is 25.0 Å². The first kappa shape index (κ1) is 34.2. The van der Waals surface area contributed by atoms with E-state index in [1.807, 2.05) is 65.6 Å². The maximum atomic E-state index is 13.6. The Balaban J connectivity index is 1.49. The largest absolute Gasteiger partial charge is 0.444 e. The van der Waals surface area contributed by atoms with Crippen molar-refractivity contribution in [2.24, 2.45) is 0 Å². The zero-order valence-electron chi connectivity index (χ0n) is 27.1. The molecule has 1 aliphatic rings. The lowest BCUT2D eigenvalue weighted by Crippen LogP contribution is -2.59. The molecule has 12 heteroatoms. The molecule has 2 atom stereocenters. The molecule has 12 nitrogen and oxygen atoms in total. The number of carbonyl (C=O) groups excluding carboxylic acids is 4. The number of hydrogen-bond acceptors (Lipinski definition) is 7. The molecular formula is C34H44N6O6. The summed E-state index contributed by atoms with van der Waals surface area (Å²) in [6, 6.07) is 17.0. The fraction of sp³-hybridized carbons (Fsp3) is 0.441. The van der Waals surface area contributed by atoms with Crippen LogP contribution < -0.4 is 16.0 Å². The van der Waals surface area contributed by atoms with Gasteiger partial charge in [-0.3, -0.25) is 14.4 Å².